The highest BCUT2D eigenvalue weighted by molar-refractivity contribution is 7.47. The second-order valence-corrected chi connectivity index (χ2v) is 17.1. The summed E-state index contributed by atoms with van der Waals surface area (Å²) in [6.07, 6.45) is 58.2. The van der Waals surface area contributed by atoms with Gasteiger partial charge in [-0.05, 0) is 83.5 Å². The number of ether oxygens (including phenoxy) is 2. The Hall–Kier alpha value is -2.51. The van der Waals surface area contributed by atoms with E-state index < -0.39 is 26.5 Å². The van der Waals surface area contributed by atoms with Crippen LogP contribution in [0.5, 0.6) is 0 Å². The van der Waals surface area contributed by atoms with E-state index in [1.807, 2.05) is 0 Å². The maximum atomic E-state index is 12.5. The lowest BCUT2D eigenvalue weighted by molar-refractivity contribution is -0.161. The van der Waals surface area contributed by atoms with E-state index in [0.29, 0.717) is 6.42 Å². The number of unbranched alkanes of at least 4 members (excludes halogenated alkanes) is 20. The van der Waals surface area contributed by atoms with Gasteiger partial charge in [0, 0.05) is 20.0 Å². The molecule has 0 saturated carbocycles. The van der Waals surface area contributed by atoms with Crippen LogP contribution in [0.2, 0.25) is 0 Å². The molecule has 0 aromatic carbocycles. The van der Waals surface area contributed by atoms with Crippen molar-refractivity contribution in [3.05, 3.63) is 72.9 Å². The van der Waals surface area contributed by atoms with Crippen molar-refractivity contribution in [2.75, 3.05) is 20.3 Å². The van der Waals surface area contributed by atoms with Crippen LogP contribution in [0.3, 0.4) is 0 Å². The van der Waals surface area contributed by atoms with Crippen molar-refractivity contribution in [2.24, 2.45) is 0 Å². The average Bonchev–Trinajstić information content (AvgIpc) is 3.23. The van der Waals surface area contributed by atoms with Gasteiger partial charge in [0.15, 0.2) is 6.10 Å². The van der Waals surface area contributed by atoms with Crippen LogP contribution in [0.25, 0.3) is 0 Å². The Bertz CT molecular complexity index is 1190. The fraction of sp³-hybridized carbons (Fsp3) is 0.720. The minimum atomic E-state index is -4.28. The second kappa shape index (κ2) is 45.0. The molecule has 0 aromatic rings. The number of phosphoric ester groups is 1. The highest BCUT2D eigenvalue weighted by atomic mass is 31.2. The molecule has 0 rings (SSSR count). The molecule has 0 aliphatic heterocycles. The summed E-state index contributed by atoms with van der Waals surface area (Å²) in [6, 6.07) is 0. The molecule has 0 amide bonds. The van der Waals surface area contributed by atoms with Gasteiger partial charge in [-0.1, -0.05) is 183 Å². The van der Waals surface area contributed by atoms with E-state index in [1.165, 1.54) is 103 Å². The van der Waals surface area contributed by atoms with Crippen molar-refractivity contribution in [1.82, 2.24) is 0 Å². The number of rotatable bonds is 43. The third kappa shape index (κ3) is 44.9. The van der Waals surface area contributed by atoms with Gasteiger partial charge in [-0.15, -0.1) is 0 Å². The van der Waals surface area contributed by atoms with Gasteiger partial charge in [-0.25, -0.2) is 4.57 Å². The first-order chi connectivity index (χ1) is 28.8. The third-order valence-electron chi connectivity index (χ3n) is 9.93. The van der Waals surface area contributed by atoms with Gasteiger partial charge in [0.25, 0.3) is 0 Å². The van der Waals surface area contributed by atoms with Crippen molar-refractivity contribution in [3.8, 4) is 0 Å². The lowest BCUT2D eigenvalue weighted by atomic mass is 10.1. The Kier molecular flexibility index (Phi) is 43.1. The molecule has 0 spiro atoms. The van der Waals surface area contributed by atoms with Crippen molar-refractivity contribution in [2.45, 2.75) is 213 Å². The molecule has 0 aromatic heterocycles. The Morgan fingerprint density at radius 3 is 1.32 bits per heavy atom. The SMILES string of the molecule is CC/C=C\C/C=C\C/C=C\C/C=C\C/C=C\CCCCCC(=O)OC(COC(=O)CCCCCCCCCCC/C=C\CCCCCCCCCC)COP(=O)(O)OC. The number of carbonyl (C=O) groups is 2. The minimum absolute atomic E-state index is 0.202. The molecule has 2 unspecified atom stereocenters. The first kappa shape index (κ1) is 56.5. The van der Waals surface area contributed by atoms with Gasteiger partial charge < -0.3 is 14.4 Å². The Morgan fingerprint density at radius 1 is 0.492 bits per heavy atom. The fourth-order valence-electron chi connectivity index (χ4n) is 6.33. The number of esters is 2. The van der Waals surface area contributed by atoms with Crippen LogP contribution in [-0.2, 0) is 32.7 Å². The highest BCUT2D eigenvalue weighted by Crippen LogP contribution is 2.42. The van der Waals surface area contributed by atoms with Crippen molar-refractivity contribution in [1.29, 1.82) is 0 Å². The minimum Gasteiger partial charge on any atom is -0.462 e. The maximum Gasteiger partial charge on any atom is 0.472 e. The van der Waals surface area contributed by atoms with Crippen LogP contribution in [0.1, 0.15) is 206 Å². The smallest absolute Gasteiger partial charge is 0.462 e. The summed E-state index contributed by atoms with van der Waals surface area (Å²) in [6.45, 7) is 3.76. The standard InChI is InChI=1S/C50H87O8P/c1-4-6-8-10-12-14-16-18-20-22-24-25-27-28-30-32-34-36-38-40-42-44-49(51)56-46-48(47-57-59(53,54)55-3)58-50(52)45-43-41-39-37-35-33-31-29-26-23-21-19-17-15-13-11-9-7-5-2/h7,9,13,15,19,21-22,24,26,29,33,35,48H,4-6,8,10-12,14,16-18,20,23,25,27-28,30-32,34,36-47H2,1-3H3,(H,53,54)/b9-7-,15-13-,21-19-,24-22-,29-26-,35-33-. The normalized spacial score (nSPS) is 13.9. The summed E-state index contributed by atoms with van der Waals surface area (Å²) in [7, 11) is -3.22. The van der Waals surface area contributed by atoms with E-state index in [0.717, 1.165) is 77.7 Å². The van der Waals surface area contributed by atoms with Gasteiger partial charge in [0.05, 0.1) is 6.61 Å². The van der Waals surface area contributed by atoms with Gasteiger partial charge in [0.2, 0.25) is 0 Å². The van der Waals surface area contributed by atoms with E-state index in [2.05, 4.69) is 91.3 Å². The van der Waals surface area contributed by atoms with E-state index in [1.54, 1.807) is 0 Å². The average molecular weight is 847 g/mol. The predicted octanol–water partition coefficient (Wildman–Crippen LogP) is 15.3. The quantitative estimate of drug-likeness (QED) is 0.0280. The van der Waals surface area contributed by atoms with Crippen molar-refractivity contribution >= 4 is 19.8 Å². The molecule has 59 heavy (non-hydrogen) atoms. The van der Waals surface area contributed by atoms with Crippen LogP contribution < -0.4 is 0 Å². The molecule has 0 heterocycles. The van der Waals surface area contributed by atoms with Gasteiger partial charge in [0.1, 0.15) is 6.61 Å². The summed E-state index contributed by atoms with van der Waals surface area (Å²) in [5.41, 5.74) is 0. The molecule has 0 aliphatic carbocycles. The van der Waals surface area contributed by atoms with Crippen molar-refractivity contribution < 1.29 is 37.6 Å². The lowest BCUT2D eigenvalue weighted by Crippen LogP contribution is -2.29. The third-order valence-corrected chi connectivity index (χ3v) is 10.9. The molecule has 9 heteroatoms. The molecule has 0 bridgehead atoms. The monoisotopic (exact) mass is 847 g/mol. The summed E-state index contributed by atoms with van der Waals surface area (Å²) in [4.78, 5) is 34.6. The molecule has 1 N–H and O–H groups in total. The second-order valence-electron chi connectivity index (χ2n) is 15.5. The molecule has 8 nitrogen and oxygen atoms in total. The van der Waals surface area contributed by atoms with Crippen LogP contribution in [0.4, 0.5) is 0 Å². The molecule has 0 radical (unpaired) electrons. The van der Waals surface area contributed by atoms with Crippen molar-refractivity contribution in [3.63, 3.8) is 0 Å². The molecular formula is C50H87O8P. The van der Waals surface area contributed by atoms with Crippen LogP contribution in [-0.4, -0.2) is 43.3 Å². The van der Waals surface area contributed by atoms with E-state index in [9.17, 15) is 19.0 Å². The number of phosphoric acid groups is 1. The first-order valence-electron chi connectivity index (χ1n) is 23.6. The molecule has 340 valence electrons. The van der Waals surface area contributed by atoms with Crippen LogP contribution in [0, 0.1) is 0 Å². The molecular weight excluding hydrogens is 760 g/mol. The topological polar surface area (TPSA) is 108 Å². The highest BCUT2D eigenvalue weighted by Gasteiger charge is 2.24. The summed E-state index contributed by atoms with van der Waals surface area (Å²) < 4.78 is 32.0. The Balaban J connectivity index is 4.01. The number of allylic oxidation sites excluding steroid dienone is 12. The fourth-order valence-corrected chi connectivity index (χ4v) is 6.79. The Labute approximate surface area is 362 Å². The van der Waals surface area contributed by atoms with Crippen LogP contribution >= 0.6 is 7.82 Å². The zero-order valence-corrected chi connectivity index (χ0v) is 38.8. The molecule has 2 atom stereocenters. The number of hydrogen-bond acceptors (Lipinski definition) is 7. The van der Waals surface area contributed by atoms with E-state index >= 15 is 0 Å². The summed E-state index contributed by atoms with van der Waals surface area (Å²) >= 11 is 0. The predicted molar refractivity (Wildman–Crippen MR) is 248 cm³/mol. The zero-order chi connectivity index (χ0) is 43.2. The van der Waals surface area contributed by atoms with Gasteiger partial charge >= 0.3 is 19.8 Å². The van der Waals surface area contributed by atoms with Crippen LogP contribution in [0.15, 0.2) is 72.9 Å². The molecule has 0 saturated heterocycles. The van der Waals surface area contributed by atoms with E-state index in [4.69, 9.17) is 14.0 Å². The lowest BCUT2D eigenvalue weighted by Gasteiger charge is -2.19. The zero-order valence-electron chi connectivity index (χ0n) is 37.9. The largest absolute Gasteiger partial charge is 0.472 e. The number of hydrogen-bond donors (Lipinski definition) is 1. The summed E-state index contributed by atoms with van der Waals surface area (Å²) in [5.74, 6) is -0.845. The van der Waals surface area contributed by atoms with Gasteiger partial charge in [-0.2, -0.15) is 0 Å². The van der Waals surface area contributed by atoms with Gasteiger partial charge in [-0.3, -0.25) is 18.6 Å². The molecule has 0 fully saturated rings. The van der Waals surface area contributed by atoms with E-state index in [-0.39, 0.29) is 25.4 Å². The number of carbonyl (C=O) groups excluding carboxylic acids is 2. The first-order valence-corrected chi connectivity index (χ1v) is 25.1. The summed E-state index contributed by atoms with van der Waals surface area (Å²) in [5, 5.41) is 0. The Morgan fingerprint density at radius 2 is 0.864 bits per heavy atom. The maximum absolute atomic E-state index is 12.5. The molecule has 0 aliphatic rings.